The molecule has 0 bridgehead atoms. The summed E-state index contributed by atoms with van der Waals surface area (Å²) in [5, 5.41) is 0. The predicted molar refractivity (Wildman–Crippen MR) is 78.5 cm³/mol. The number of nitrogens with zero attached hydrogens (tertiary/aromatic N) is 2. The lowest BCUT2D eigenvalue weighted by atomic mass is 9.96. The molecule has 3 heteroatoms. The zero-order chi connectivity index (χ0) is 13.7. The second-order valence-corrected chi connectivity index (χ2v) is 5.64. The molecular formula is C16H26N2O. The van der Waals surface area contributed by atoms with Crippen molar-refractivity contribution in [1.82, 2.24) is 9.88 Å². The molecule has 0 radical (unpaired) electrons. The number of likely N-dealkylation sites (tertiary alicyclic amines) is 1. The van der Waals surface area contributed by atoms with E-state index in [2.05, 4.69) is 22.9 Å². The standard InChI is InChI=1S/C16H26N2O/c1-4-10-18-11-6-5-7-15(18)14-8-9-16(17-12-14)19-13(2)3/h8-9,12-13,15H,4-7,10-11H2,1-3H3. The van der Waals surface area contributed by atoms with Gasteiger partial charge in [-0.05, 0) is 51.8 Å². The molecule has 0 amide bonds. The van der Waals surface area contributed by atoms with Crippen molar-refractivity contribution in [3.63, 3.8) is 0 Å². The number of aromatic nitrogens is 1. The molecule has 1 saturated heterocycles. The first-order valence-corrected chi connectivity index (χ1v) is 7.57. The number of piperidine rings is 1. The minimum atomic E-state index is 0.185. The van der Waals surface area contributed by atoms with Crippen LogP contribution in [-0.4, -0.2) is 29.1 Å². The average Bonchev–Trinajstić information content (AvgIpc) is 2.40. The van der Waals surface area contributed by atoms with Crippen LogP contribution in [0, 0.1) is 0 Å². The number of hydrogen-bond donors (Lipinski definition) is 0. The van der Waals surface area contributed by atoms with Crippen molar-refractivity contribution in [2.75, 3.05) is 13.1 Å². The van der Waals surface area contributed by atoms with Gasteiger partial charge >= 0.3 is 0 Å². The Morgan fingerprint density at radius 3 is 2.84 bits per heavy atom. The van der Waals surface area contributed by atoms with E-state index < -0.39 is 0 Å². The van der Waals surface area contributed by atoms with Gasteiger partial charge in [0.25, 0.3) is 0 Å². The van der Waals surface area contributed by atoms with Gasteiger partial charge in [0, 0.05) is 18.3 Å². The van der Waals surface area contributed by atoms with Crippen molar-refractivity contribution in [2.24, 2.45) is 0 Å². The first-order chi connectivity index (χ1) is 9.20. The summed E-state index contributed by atoms with van der Waals surface area (Å²) >= 11 is 0. The molecule has 3 nitrogen and oxygen atoms in total. The van der Waals surface area contributed by atoms with E-state index in [1.807, 2.05) is 26.1 Å². The van der Waals surface area contributed by atoms with Crippen LogP contribution in [0.4, 0.5) is 0 Å². The highest BCUT2D eigenvalue weighted by Gasteiger charge is 2.23. The maximum absolute atomic E-state index is 5.61. The molecule has 106 valence electrons. The quantitative estimate of drug-likeness (QED) is 0.807. The third-order valence-corrected chi connectivity index (χ3v) is 3.62. The summed E-state index contributed by atoms with van der Waals surface area (Å²) in [6, 6.07) is 4.74. The molecule has 19 heavy (non-hydrogen) atoms. The fourth-order valence-electron chi connectivity index (χ4n) is 2.82. The summed E-state index contributed by atoms with van der Waals surface area (Å²) in [4.78, 5) is 7.04. The topological polar surface area (TPSA) is 25.4 Å². The summed E-state index contributed by atoms with van der Waals surface area (Å²) < 4.78 is 5.61. The SMILES string of the molecule is CCCN1CCCCC1c1ccc(OC(C)C)nc1. The van der Waals surface area contributed by atoms with Gasteiger partial charge in [-0.3, -0.25) is 4.90 Å². The number of hydrogen-bond acceptors (Lipinski definition) is 3. The monoisotopic (exact) mass is 262 g/mol. The first kappa shape index (κ1) is 14.3. The van der Waals surface area contributed by atoms with E-state index in [1.165, 1.54) is 44.3 Å². The van der Waals surface area contributed by atoms with Gasteiger partial charge in [0.2, 0.25) is 5.88 Å². The molecule has 1 unspecified atom stereocenters. The number of ether oxygens (including phenoxy) is 1. The molecule has 2 heterocycles. The molecule has 0 aromatic carbocycles. The molecule has 2 rings (SSSR count). The van der Waals surface area contributed by atoms with E-state index in [1.54, 1.807) is 0 Å². The largest absolute Gasteiger partial charge is 0.475 e. The second kappa shape index (κ2) is 6.90. The van der Waals surface area contributed by atoms with E-state index in [0.29, 0.717) is 6.04 Å². The van der Waals surface area contributed by atoms with E-state index in [-0.39, 0.29) is 6.10 Å². The number of pyridine rings is 1. The molecular weight excluding hydrogens is 236 g/mol. The van der Waals surface area contributed by atoms with Crippen molar-refractivity contribution < 1.29 is 4.74 Å². The lowest BCUT2D eigenvalue weighted by Gasteiger charge is -2.35. The third kappa shape index (κ3) is 3.93. The smallest absolute Gasteiger partial charge is 0.213 e. The fourth-order valence-corrected chi connectivity index (χ4v) is 2.82. The third-order valence-electron chi connectivity index (χ3n) is 3.62. The zero-order valence-corrected chi connectivity index (χ0v) is 12.4. The van der Waals surface area contributed by atoms with Crippen LogP contribution in [0.2, 0.25) is 0 Å². The summed E-state index contributed by atoms with van der Waals surface area (Å²) in [6.45, 7) is 8.72. The Kier molecular flexibility index (Phi) is 5.20. The molecule has 1 fully saturated rings. The Bertz CT molecular complexity index is 373. The Labute approximate surface area is 117 Å². The van der Waals surface area contributed by atoms with Crippen LogP contribution < -0.4 is 4.74 Å². The van der Waals surface area contributed by atoms with E-state index in [4.69, 9.17) is 4.74 Å². The summed E-state index contributed by atoms with van der Waals surface area (Å²) in [5.41, 5.74) is 1.34. The number of rotatable bonds is 5. The first-order valence-electron chi connectivity index (χ1n) is 7.57. The Hall–Kier alpha value is -1.09. The maximum atomic E-state index is 5.61. The van der Waals surface area contributed by atoms with Crippen LogP contribution in [0.25, 0.3) is 0 Å². The highest BCUT2D eigenvalue weighted by Crippen LogP contribution is 2.31. The summed E-state index contributed by atoms with van der Waals surface area (Å²) in [5.74, 6) is 0.733. The Balaban J connectivity index is 2.06. The molecule has 1 aromatic heterocycles. The van der Waals surface area contributed by atoms with Gasteiger partial charge in [0.15, 0.2) is 0 Å². The van der Waals surface area contributed by atoms with Crippen LogP contribution in [0.5, 0.6) is 5.88 Å². The van der Waals surface area contributed by atoms with Crippen LogP contribution >= 0.6 is 0 Å². The van der Waals surface area contributed by atoms with Crippen molar-refractivity contribution >= 4 is 0 Å². The zero-order valence-electron chi connectivity index (χ0n) is 12.4. The van der Waals surface area contributed by atoms with Gasteiger partial charge in [-0.2, -0.15) is 0 Å². The lowest BCUT2D eigenvalue weighted by Crippen LogP contribution is -2.34. The molecule has 1 aromatic rings. The predicted octanol–water partition coefficient (Wildman–Crippen LogP) is 3.81. The highest BCUT2D eigenvalue weighted by atomic mass is 16.5. The molecule has 1 atom stereocenters. The van der Waals surface area contributed by atoms with Gasteiger partial charge in [-0.15, -0.1) is 0 Å². The van der Waals surface area contributed by atoms with Gasteiger partial charge in [0.1, 0.15) is 0 Å². The fraction of sp³-hybridized carbons (Fsp3) is 0.688. The molecule has 0 saturated carbocycles. The maximum Gasteiger partial charge on any atom is 0.213 e. The normalized spacial score (nSPS) is 20.7. The van der Waals surface area contributed by atoms with Crippen LogP contribution in [-0.2, 0) is 0 Å². The minimum Gasteiger partial charge on any atom is -0.475 e. The highest BCUT2D eigenvalue weighted by molar-refractivity contribution is 5.21. The molecule has 0 aliphatic carbocycles. The average molecular weight is 262 g/mol. The van der Waals surface area contributed by atoms with Crippen molar-refractivity contribution in [3.8, 4) is 5.88 Å². The molecule has 1 aliphatic rings. The lowest BCUT2D eigenvalue weighted by molar-refractivity contribution is 0.148. The van der Waals surface area contributed by atoms with Crippen LogP contribution in [0.3, 0.4) is 0 Å². The van der Waals surface area contributed by atoms with Crippen LogP contribution in [0.1, 0.15) is 58.1 Å². The Morgan fingerprint density at radius 2 is 2.21 bits per heavy atom. The molecule has 1 aliphatic heterocycles. The van der Waals surface area contributed by atoms with Crippen molar-refractivity contribution in [1.29, 1.82) is 0 Å². The van der Waals surface area contributed by atoms with Gasteiger partial charge in [0.05, 0.1) is 6.10 Å². The van der Waals surface area contributed by atoms with E-state index >= 15 is 0 Å². The van der Waals surface area contributed by atoms with Gasteiger partial charge in [-0.1, -0.05) is 19.4 Å². The van der Waals surface area contributed by atoms with Crippen molar-refractivity contribution in [2.45, 2.75) is 58.6 Å². The van der Waals surface area contributed by atoms with Gasteiger partial charge in [-0.25, -0.2) is 4.98 Å². The second-order valence-electron chi connectivity index (χ2n) is 5.64. The molecule has 0 spiro atoms. The van der Waals surface area contributed by atoms with Crippen LogP contribution in [0.15, 0.2) is 18.3 Å². The summed E-state index contributed by atoms with van der Waals surface area (Å²) in [6.07, 6.45) is 7.32. The van der Waals surface area contributed by atoms with E-state index in [9.17, 15) is 0 Å². The van der Waals surface area contributed by atoms with Crippen molar-refractivity contribution in [3.05, 3.63) is 23.9 Å². The van der Waals surface area contributed by atoms with Gasteiger partial charge < -0.3 is 4.74 Å². The summed E-state index contributed by atoms with van der Waals surface area (Å²) in [7, 11) is 0. The Morgan fingerprint density at radius 1 is 1.37 bits per heavy atom. The molecule has 0 N–H and O–H groups in total. The minimum absolute atomic E-state index is 0.185. The van der Waals surface area contributed by atoms with E-state index in [0.717, 1.165) is 5.88 Å².